The van der Waals surface area contributed by atoms with Crippen LogP contribution < -0.4 is 16.0 Å². The lowest BCUT2D eigenvalue weighted by atomic mass is 10.1. The number of carbonyl (C=O) groups is 3. The Hall–Kier alpha value is -2.57. The van der Waals surface area contributed by atoms with Gasteiger partial charge < -0.3 is 20.7 Å². The number of benzene rings is 1. The highest BCUT2D eigenvalue weighted by Crippen LogP contribution is 2.25. The fraction of sp³-hybridized carbons (Fsp3) is 0.471. The fourth-order valence-electron chi connectivity index (χ4n) is 2.47. The molecule has 1 atom stereocenters. The highest BCUT2D eigenvalue weighted by atomic mass is 16.6. The standard InChI is InChI=1S/C17H23N3O4/c1-17(2,3)24-16(23)19-9-11-5-4-6-13(7-11)20-10-12(15(18)22)8-14(20)21/h4-7,12H,8-10H2,1-3H3,(H2,18,22)(H,19,23). The summed E-state index contributed by atoms with van der Waals surface area (Å²) in [5, 5.41) is 2.67. The van der Waals surface area contributed by atoms with Crippen molar-refractivity contribution >= 4 is 23.6 Å². The number of nitrogens with two attached hydrogens (primary N) is 1. The second-order valence-corrected chi connectivity index (χ2v) is 6.83. The molecule has 1 heterocycles. The molecule has 0 radical (unpaired) electrons. The minimum Gasteiger partial charge on any atom is -0.444 e. The molecule has 130 valence electrons. The van der Waals surface area contributed by atoms with Crippen LogP contribution in [0.4, 0.5) is 10.5 Å². The van der Waals surface area contributed by atoms with Crippen molar-refractivity contribution in [2.45, 2.75) is 39.3 Å². The molecular weight excluding hydrogens is 310 g/mol. The third-order valence-corrected chi connectivity index (χ3v) is 3.59. The van der Waals surface area contributed by atoms with Crippen LogP contribution >= 0.6 is 0 Å². The van der Waals surface area contributed by atoms with Crippen LogP contribution in [0.15, 0.2) is 24.3 Å². The van der Waals surface area contributed by atoms with Crippen molar-refractivity contribution in [1.82, 2.24) is 5.32 Å². The Bertz CT molecular complexity index is 651. The Labute approximate surface area is 141 Å². The van der Waals surface area contributed by atoms with Crippen LogP contribution in [0.25, 0.3) is 0 Å². The quantitative estimate of drug-likeness (QED) is 0.872. The van der Waals surface area contributed by atoms with Crippen LogP contribution in [-0.4, -0.2) is 30.1 Å². The lowest BCUT2D eigenvalue weighted by molar-refractivity contribution is -0.123. The summed E-state index contributed by atoms with van der Waals surface area (Å²) in [6.45, 7) is 5.95. The smallest absolute Gasteiger partial charge is 0.407 e. The van der Waals surface area contributed by atoms with Crippen LogP contribution in [0.3, 0.4) is 0 Å². The van der Waals surface area contributed by atoms with E-state index in [0.29, 0.717) is 5.69 Å². The molecule has 0 spiro atoms. The minimum absolute atomic E-state index is 0.129. The first-order valence-electron chi connectivity index (χ1n) is 7.81. The number of nitrogens with one attached hydrogen (secondary N) is 1. The maximum absolute atomic E-state index is 12.1. The van der Waals surface area contributed by atoms with Gasteiger partial charge in [0.15, 0.2) is 0 Å². The van der Waals surface area contributed by atoms with Crippen LogP contribution in [-0.2, 0) is 20.9 Å². The van der Waals surface area contributed by atoms with Crippen LogP contribution in [0.2, 0.25) is 0 Å². The first-order valence-corrected chi connectivity index (χ1v) is 7.81. The maximum Gasteiger partial charge on any atom is 0.407 e. The number of amides is 3. The van der Waals surface area contributed by atoms with E-state index in [2.05, 4.69) is 5.32 Å². The molecule has 0 aromatic heterocycles. The number of alkyl carbamates (subject to hydrolysis) is 1. The predicted molar refractivity (Wildman–Crippen MR) is 89.2 cm³/mol. The molecule has 24 heavy (non-hydrogen) atoms. The van der Waals surface area contributed by atoms with Crippen molar-refractivity contribution in [2.24, 2.45) is 11.7 Å². The number of primary amides is 1. The van der Waals surface area contributed by atoms with Gasteiger partial charge in [0.2, 0.25) is 11.8 Å². The zero-order chi connectivity index (χ0) is 17.9. The van der Waals surface area contributed by atoms with E-state index >= 15 is 0 Å². The van der Waals surface area contributed by atoms with Gasteiger partial charge in [-0.05, 0) is 38.5 Å². The van der Waals surface area contributed by atoms with E-state index in [-0.39, 0.29) is 25.4 Å². The van der Waals surface area contributed by atoms with E-state index in [0.717, 1.165) is 5.56 Å². The van der Waals surface area contributed by atoms with Crippen molar-refractivity contribution in [1.29, 1.82) is 0 Å². The minimum atomic E-state index is -0.558. The molecule has 1 fully saturated rings. The van der Waals surface area contributed by atoms with Gasteiger partial charge in [0.25, 0.3) is 0 Å². The van der Waals surface area contributed by atoms with E-state index < -0.39 is 23.5 Å². The first kappa shape index (κ1) is 17.8. The van der Waals surface area contributed by atoms with E-state index in [1.165, 1.54) is 0 Å². The van der Waals surface area contributed by atoms with Crippen LogP contribution in [0, 0.1) is 5.92 Å². The molecule has 3 N–H and O–H groups in total. The molecule has 1 aliphatic rings. The van der Waals surface area contributed by atoms with Crippen LogP contribution in [0.5, 0.6) is 0 Å². The highest BCUT2D eigenvalue weighted by Gasteiger charge is 2.33. The summed E-state index contributed by atoms with van der Waals surface area (Å²) in [7, 11) is 0. The van der Waals surface area contributed by atoms with Crippen molar-refractivity contribution in [3.8, 4) is 0 Å². The number of rotatable bonds is 4. The molecule has 0 saturated carbocycles. The van der Waals surface area contributed by atoms with Crippen molar-refractivity contribution in [3.63, 3.8) is 0 Å². The number of carbonyl (C=O) groups excluding carboxylic acids is 3. The zero-order valence-electron chi connectivity index (χ0n) is 14.2. The molecule has 1 aromatic rings. The summed E-state index contributed by atoms with van der Waals surface area (Å²) in [5.74, 6) is -1.05. The third-order valence-electron chi connectivity index (χ3n) is 3.59. The van der Waals surface area contributed by atoms with Gasteiger partial charge >= 0.3 is 6.09 Å². The lowest BCUT2D eigenvalue weighted by Gasteiger charge is -2.20. The molecule has 1 unspecified atom stereocenters. The molecular formula is C17H23N3O4. The predicted octanol–water partition coefficient (Wildman–Crippen LogP) is 1.55. The molecule has 7 nitrogen and oxygen atoms in total. The molecule has 1 aliphatic heterocycles. The first-order chi connectivity index (χ1) is 11.2. The topological polar surface area (TPSA) is 102 Å². The Balaban J connectivity index is 2.00. The van der Waals surface area contributed by atoms with Crippen LogP contribution in [0.1, 0.15) is 32.8 Å². The largest absolute Gasteiger partial charge is 0.444 e. The lowest BCUT2D eigenvalue weighted by Crippen LogP contribution is -2.32. The van der Waals surface area contributed by atoms with Gasteiger partial charge in [0, 0.05) is 25.2 Å². The number of ether oxygens (including phenoxy) is 1. The van der Waals surface area contributed by atoms with Gasteiger partial charge in [0.05, 0.1) is 5.92 Å². The highest BCUT2D eigenvalue weighted by molar-refractivity contribution is 6.00. The summed E-state index contributed by atoms with van der Waals surface area (Å²) in [6, 6.07) is 7.23. The zero-order valence-corrected chi connectivity index (χ0v) is 14.2. The average molecular weight is 333 g/mol. The second-order valence-electron chi connectivity index (χ2n) is 6.83. The summed E-state index contributed by atoms with van der Waals surface area (Å²) >= 11 is 0. The molecule has 3 amide bonds. The molecule has 1 aromatic carbocycles. The summed E-state index contributed by atoms with van der Waals surface area (Å²) in [4.78, 5) is 36.6. The van der Waals surface area contributed by atoms with E-state index in [4.69, 9.17) is 10.5 Å². The molecule has 0 bridgehead atoms. The SMILES string of the molecule is CC(C)(C)OC(=O)NCc1cccc(N2CC(C(N)=O)CC2=O)c1. The number of nitrogens with zero attached hydrogens (tertiary/aromatic N) is 1. The third kappa shape index (κ3) is 4.71. The van der Waals surface area contributed by atoms with Gasteiger partial charge in [-0.25, -0.2) is 4.79 Å². The molecule has 0 aliphatic carbocycles. The van der Waals surface area contributed by atoms with E-state index in [1.54, 1.807) is 43.9 Å². The van der Waals surface area contributed by atoms with E-state index in [1.807, 2.05) is 6.07 Å². The van der Waals surface area contributed by atoms with Crippen molar-refractivity contribution in [2.75, 3.05) is 11.4 Å². The Morgan fingerprint density at radius 2 is 2.08 bits per heavy atom. The van der Waals surface area contributed by atoms with Gasteiger partial charge in [-0.1, -0.05) is 12.1 Å². The van der Waals surface area contributed by atoms with Gasteiger partial charge in [-0.2, -0.15) is 0 Å². The number of anilines is 1. The molecule has 1 saturated heterocycles. The normalized spacial score (nSPS) is 17.7. The maximum atomic E-state index is 12.1. The average Bonchev–Trinajstić information content (AvgIpc) is 2.86. The monoisotopic (exact) mass is 333 g/mol. The van der Waals surface area contributed by atoms with Gasteiger partial charge in [-0.3, -0.25) is 9.59 Å². The number of hydrogen-bond donors (Lipinski definition) is 2. The Morgan fingerprint density at radius 3 is 2.67 bits per heavy atom. The summed E-state index contributed by atoms with van der Waals surface area (Å²) in [6.07, 6.45) is -0.366. The Kier molecular flexibility index (Phi) is 5.11. The number of hydrogen-bond acceptors (Lipinski definition) is 4. The Morgan fingerprint density at radius 1 is 1.38 bits per heavy atom. The molecule has 7 heteroatoms. The summed E-state index contributed by atoms with van der Waals surface area (Å²) in [5.41, 5.74) is 6.24. The van der Waals surface area contributed by atoms with Crippen molar-refractivity contribution in [3.05, 3.63) is 29.8 Å². The molecule has 2 rings (SSSR count). The van der Waals surface area contributed by atoms with Crippen molar-refractivity contribution < 1.29 is 19.1 Å². The fourth-order valence-corrected chi connectivity index (χ4v) is 2.47. The second kappa shape index (κ2) is 6.90. The van der Waals surface area contributed by atoms with Gasteiger partial charge in [-0.15, -0.1) is 0 Å². The summed E-state index contributed by atoms with van der Waals surface area (Å²) < 4.78 is 5.18. The van der Waals surface area contributed by atoms with Gasteiger partial charge in [0.1, 0.15) is 5.60 Å². The van der Waals surface area contributed by atoms with E-state index in [9.17, 15) is 14.4 Å².